The van der Waals surface area contributed by atoms with Gasteiger partial charge in [0.15, 0.2) is 11.6 Å². The van der Waals surface area contributed by atoms with Crippen molar-refractivity contribution in [2.24, 2.45) is 0 Å². The van der Waals surface area contributed by atoms with Gasteiger partial charge in [-0.2, -0.15) is 0 Å². The molecule has 28 heavy (non-hydrogen) atoms. The molecule has 0 spiro atoms. The first kappa shape index (κ1) is 19.6. The van der Waals surface area contributed by atoms with Gasteiger partial charge in [0.2, 0.25) is 0 Å². The maximum Gasteiger partial charge on any atom is 0.253 e. The molecule has 0 fully saturated rings. The van der Waals surface area contributed by atoms with Gasteiger partial charge in [0.05, 0.1) is 29.0 Å². The molecule has 146 valence electrons. The molecule has 0 aliphatic heterocycles. The van der Waals surface area contributed by atoms with Crippen LogP contribution in [0.5, 0.6) is 0 Å². The van der Waals surface area contributed by atoms with Gasteiger partial charge in [-0.3, -0.25) is 14.4 Å². The van der Waals surface area contributed by atoms with Gasteiger partial charge in [-0.05, 0) is 12.5 Å². The fraction of sp³-hybridized carbons (Fsp3) is 0.286. The van der Waals surface area contributed by atoms with Crippen molar-refractivity contribution in [3.63, 3.8) is 0 Å². The average Bonchev–Trinajstić information content (AvgIpc) is 2.71. The van der Waals surface area contributed by atoms with E-state index < -0.39 is 5.91 Å². The summed E-state index contributed by atoms with van der Waals surface area (Å²) in [5, 5.41) is 14.7. The summed E-state index contributed by atoms with van der Waals surface area (Å²) in [5.41, 5.74) is 7.54. The van der Waals surface area contributed by atoms with Crippen LogP contribution < -0.4 is 16.4 Å². The summed E-state index contributed by atoms with van der Waals surface area (Å²) >= 11 is 0. The molecule has 0 saturated carbocycles. The van der Waals surface area contributed by atoms with E-state index in [0.29, 0.717) is 17.8 Å². The highest BCUT2D eigenvalue weighted by molar-refractivity contribution is 6.32. The molecule has 3 rings (SSSR count). The van der Waals surface area contributed by atoms with Crippen LogP contribution in [0.15, 0.2) is 30.3 Å². The third kappa shape index (κ3) is 3.36. The average molecular weight is 381 g/mol. The van der Waals surface area contributed by atoms with Crippen molar-refractivity contribution in [3.8, 4) is 0 Å². The number of carbonyl (C=O) groups is 3. The van der Waals surface area contributed by atoms with E-state index in [9.17, 15) is 14.4 Å². The molecule has 7 nitrogen and oxygen atoms in total. The van der Waals surface area contributed by atoms with Crippen molar-refractivity contribution in [1.82, 2.24) is 5.32 Å². The molecule has 2 aromatic rings. The highest BCUT2D eigenvalue weighted by Gasteiger charge is 2.35. The van der Waals surface area contributed by atoms with Gasteiger partial charge < -0.3 is 21.5 Å². The summed E-state index contributed by atoms with van der Waals surface area (Å²) in [7, 11) is 0. The second-order valence-corrected chi connectivity index (χ2v) is 6.60. The highest BCUT2D eigenvalue weighted by Crippen LogP contribution is 2.37. The number of ketones is 2. The summed E-state index contributed by atoms with van der Waals surface area (Å²) in [6, 6.07) is 8.10. The van der Waals surface area contributed by atoms with Gasteiger partial charge in [-0.25, -0.2) is 0 Å². The van der Waals surface area contributed by atoms with E-state index in [-0.39, 0.29) is 52.7 Å². The topological polar surface area (TPSA) is 122 Å². The van der Waals surface area contributed by atoms with Crippen molar-refractivity contribution >= 4 is 28.8 Å². The SMILES string of the molecule is CCCCNc1cc(C(=O)NCCO)c(N)c2c1C(=O)c1ccccc1C2=O. The number of carbonyl (C=O) groups excluding carboxylic acids is 3. The van der Waals surface area contributed by atoms with Crippen LogP contribution in [0.4, 0.5) is 11.4 Å². The molecule has 2 aromatic carbocycles. The Balaban J connectivity index is 2.18. The van der Waals surface area contributed by atoms with Crippen molar-refractivity contribution < 1.29 is 19.5 Å². The molecule has 7 heteroatoms. The zero-order valence-corrected chi connectivity index (χ0v) is 15.7. The number of hydrogen-bond donors (Lipinski definition) is 4. The Kier molecular flexibility index (Phi) is 5.75. The number of amides is 1. The van der Waals surface area contributed by atoms with Gasteiger partial charge in [0, 0.05) is 29.9 Å². The number of anilines is 2. The van der Waals surface area contributed by atoms with E-state index in [1.165, 1.54) is 6.07 Å². The van der Waals surface area contributed by atoms with E-state index >= 15 is 0 Å². The summed E-state index contributed by atoms with van der Waals surface area (Å²) in [6.07, 6.45) is 1.81. The van der Waals surface area contributed by atoms with Gasteiger partial charge in [-0.1, -0.05) is 37.6 Å². The van der Waals surface area contributed by atoms with Crippen LogP contribution in [0.25, 0.3) is 0 Å². The first-order chi connectivity index (χ1) is 13.5. The van der Waals surface area contributed by atoms with E-state index in [1.54, 1.807) is 24.3 Å². The number of unbranched alkanes of at least 4 members (excludes halogenated alkanes) is 1. The standard InChI is InChI=1S/C21H23N3O4/c1-2-3-8-23-15-11-14(21(28)24-9-10-25)18(22)17-16(15)19(26)12-6-4-5-7-13(12)20(17)27/h4-7,11,23,25H,2-3,8-10,22H2,1H3,(H,24,28). The molecule has 1 amide bonds. The predicted octanol–water partition coefficient (Wildman–Crippen LogP) is 1.98. The molecule has 5 N–H and O–H groups in total. The second-order valence-electron chi connectivity index (χ2n) is 6.60. The minimum Gasteiger partial charge on any atom is -0.397 e. The van der Waals surface area contributed by atoms with E-state index in [4.69, 9.17) is 10.8 Å². The van der Waals surface area contributed by atoms with Crippen molar-refractivity contribution in [2.45, 2.75) is 19.8 Å². The Hall–Kier alpha value is -3.19. The van der Waals surface area contributed by atoms with Crippen LogP contribution in [-0.2, 0) is 0 Å². The largest absolute Gasteiger partial charge is 0.397 e. The third-order valence-corrected chi connectivity index (χ3v) is 4.73. The van der Waals surface area contributed by atoms with Crippen LogP contribution in [0.2, 0.25) is 0 Å². The summed E-state index contributed by atoms with van der Waals surface area (Å²) in [4.78, 5) is 38.7. The number of benzene rings is 2. The van der Waals surface area contributed by atoms with Gasteiger partial charge in [0.1, 0.15) is 0 Å². The quantitative estimate of drug-likeness (QED) is 0.367. The number of fused-ring (bicyclic) bond motifs is 2. The zero-order valence-electron chi connectivity index (χ0n) is 15.7. The molecular weight excluding hydrogens is 358 g/mol. The molecule has 0 bridgehead atoms. The lowest BCUT2D eigenvalue weighted by Crippen LogP contribution is -2.30. The van der Waals surface area contributed by atoms with Crippen LogP contribution in [0, 0.1) is 0 Å². The Labute approximate surface area is 162 Å². The fourth-order valence-corrected chi connectivity index (χ4v) is 3.31. The maximum absolute atomic E-state index is 13.1. The summed E-state index contributed by atoms with van der Waals surface area (Å²) in [6.45, 7) is 2.47. The number of rotatable bonds is 7. The normalized spacial score (nSPS) is 12.4. The molecular formula is C21H23N3O4. The lowest BCUT2D eigenvalue weighted by atomic mass is 9.81. The van der Waals surface area contributed by atoms with E-state index in [1.807, 2.05) is 6.92 Å². The van der Waals surface area contributed by atoms with Crippen LogP contribution in [-0.4, -0.2) is 42.3 Å². The Morgan fingerprint density at radius 3 is 2.32 bits per heavy atom. The molecule has 0 atom stereocenters. The van der Waals surface area contributed by atoms with E-state index in [0.717, 1.165) is 12.8 Å². The lowest BCUT2D eigenvalue weighted by molar-refractivity contribution is 0.0944. The lowest BCUT2D eigenvalue weighted by Gasteiger charge is -2.24. The van der Waals surface area contributed by atoms with Gasteiger partial charge >= 0.3 is 0 Å². The number of aliphatic hydroxyl groups is 1. The summed E-state index contributed by atoms with van der Waals surface area (Å²) in [5.74, 6) is -1.18. The Bertz CT molecular complexity index is 953. The number of nitrogens with one attached hydrogen (secondary N) is 2. The molecule has 0 saturated heterocycles. The molecule has 0 heterocycles. The first-order valence-corrected chi connectivity index (χ1v) is 9.29. The van der Waals surface area contributed by atoms with Crippen LogP contribution in [0.3, 0.4) is 0 Å². The number of hydrogen-bond acceptors (Lipinski definition) is 6. The van der Waals surface area contributed by atoms with Crippen molar-refractivity contribution in [3.05, 3.63) is 58.1 Å². The third-order valence-electron chi connectivity index (χ3n) is 4.73. The van der Waals surface area contributed by atoms with E-state index in [2.05, 4.69) is 10.6 Å². The fourth-order valence-electron chi connectivity index (χ4n) is 3.31. The van der Waals surface area contributed by atoms with Gasteiger partial charge in [-0.15, -0.1) is 0 Å². The monoisotopic (exact) mass is 381 g/mol. The van der Waals surface area contributed by atoms with Crippen LogP contribution in [0.1, 0.15) is 62.0 Å². The highest BCUT2D eigenvalue weighted by atomic mass is 16.3. The zero-order chi connectivity index (χ0) is 20.3. The van der Waals surface area contributed by atoms with Crippen molar-refractivity contribution in [2.75, 3.05) is 30.7 Å². The molecule has 0 radical (unpaired) electrons. The molecule has 1 aliphatic carbocycles. The Morgan fingerprint density at radius 1 is 1.07 bits per heavy atom. The molecule has 1 aliphatic rings. The van der Waals surface area contributed by atoms with Crippen LogP contribution >= 0.6 is 0 Å². The smallest absolute Gasteiger partial charge is 0.253 e. The number of nitrogen functional groups attached to an aromatic ring is 1. The first-order valence-electron chi connectivity index (χ1n) is 9.29. The second kappa shape index (κ2) is 8.22. The maximum atomic E-state index is 13.1. The Morgan fingerprint density at radius 2 is 1.71 bits per heavy atom. The van der Waals surface area contributed by atoms with Crippen molar-refractivity contribution in [1.29, 1.82) is 0 Å². The molecule has 0 unspecified atom stereocenters. The predicted molar refractivity (Wildman–Crippen MR) is 107 cm³/mol. The number of aliphatic hydroxyl groups excluding tert-OH is 1. The van der Waals surface area contributed by atoms with Gasteiger partial charge in [0.25, 0.3) is 5.91 Å². The minimum absolute atomic E-state index is 0.0284. The number of nitrogens with two attached hydrogens (primary N) is 1. The summed E-state index contributed by atoms with van der Waals surface area (Å²) < 4.78 is 0. The minimum atomic E-state index is -0.507. The molecule has 0 aromatic heterocycles.